The van der Waals surface area contributed by atoms with Gasteiger partial charge in [0.05, 0.1) is 16.2 Å². The van der Waals surface area contributed by atoms with Crippen LogP contribution in [0, 0.1) is 0 Å². The lowest BCUT2D eigenvalue weighted by Gasteiger charge is -2.09. The first-order chi connectivity index (χ1) is 12.8. The lowest BCUT2D eigenvalue weighted by molar-refractivity contribution is -0.137. The minimum Gasteiger partial charge on any atom is -0.457 e. The summed E-state index contributed by atoms with van der Waals surface area (Å²) >= 11 is 6.04. The van der Waals surface area contributed by atoms with Crippen molar-refractivity contribution >= 4 is 34.8 Å². The minimum absolute atomic E-state index is 0.132. The van der Waals surface area contributed by atoms with Gasteiger partial charge in [-0.1, -0.05) is 29.8 Å². The summed E-state index contributed by atoms with van der Waals surface area (Å²) in [6.45, 7) is 0. The number of nitrogens with one attached hydrogen (secondary N) is 1. The molecule has 1 aromatic heterocycles. The molecule has 2 heterocycles. The number of amides is 1. The first kappa shape index (κ1) is 17.4. The van der Waals surface area contributed by atoms with Crippen LogP contribution in [0.4, 0.5) is 18.9 Å². The molecule has 3 nitrogen and oxygen atoms in total. The molecule has 4 rings (SSSR count). The Bertz CT molecular complexity index is 1080. The van der Waals surface area contributed by atoms with Crippen LogP contribution in [0.15, 0.2) is 59.0 Å². The van der Waals surface area contributed by atoms with Gasteiger partial charge >= 0.3 is 6.18 Å². The second-order valence-electron chi connectivity index (χ2n) is 5.95. The van der Waals surface area contributed by atoms with E-state index < -0.39 is 11.7 Å². The standard InChI is InChI=1S/C20H11ClF3NO2/c21-16-7-5-11(20(22,23)24)9-15(16)18-8-6-12(27-18)10-14-13-3-1-2-4-17(13)25-19(14)26/h1-10H,(H,25,26)/b14-10+. The van der Waals surface area contributed by atoms with Gasteiger partial charge in [0.1, 0.15) is 11.5 Å². The van der Waals surface area contributed by atoms with Crippen LogP contribution in [0.3, 0.4) is 0 Å². The molecule has 0 aliphatic carbocycles. The second kappa shape index (κ2) is 6.32. The number of carbonyl (C=O) groups excluding carboxylic acids is 1. The van der Waals surface area contributed by atoms with Gasteiger partial charge in [0.2, 0.25) is 0 Å². The highest BCUT2D eigenvalue weighted by Crippen LogP contribution is 2.38. The molecular weight excluding hydrogens is 379 g/mol. The van der Waals surface area contributed by atoms with E-state index in [9.17, 15) is 18.0 Å². The van der Waals surface area contributed by atoms with Gasteiger partial charge in [-0.3, -0.25) is 4.79 Å². The van der Waals surface area contributed by atoms with Crippen molar-refractivity contribution in [1.29, 1.82) is 0 Å². The van der Waals surface area contributed by atoms with Crippen LogP contribution in [-0.2, 0) is 11.0 Å². The highest BCUT2D eigenvalue weighted by Gasteiger charge is 2.31. The molecule has 3 aromatic rings. The quantitative estimate of drug-likeness (QED) is 0.537. The number of benzene rings is 2. The fraction of sp³-hybridized carbons (Fsp3) is 0.0500. The number of anilines is 1. The topological polar surface area (TPSA) is 42.2 Å². The van der Waals surface area contributed by atoms with E-state index in [4.69, 9.17) is 16.0 Å². The van der Waals surface area contributed by atoms with Crippen LogP contribution in [-0.4, -0.2) is 5.91 Å². The molecule has 1 aliphatic rings. The van der Waals surface area contributed by atoms with Crippen LogP contribution in [0.2, 0.25) is 5.02 Å². The summed E-state index contributed by atoms with van der Waals surface area (Å²) < 4.78 is 44.5. The average Bonchev–Trinajstić information content (AvgIpc) is 3.20. The first-order valence-electron chi connectivity index (χ1n) is 7.92. The summed E-state index contributed by atoms with van der Waals surface area (Å²) in [6.07, 6.45) is -2.94. The van der Waals surface area contributed by atoms with Crippen LogP contribution >= 0.6 is 11.6 Å². The van der Waals surface area contributed by atoms with Crippen molar-refractivity contribution in [2.45, 2.75) is 6.18 Å². The van der Waals surface area contributed by atoms with E-state index in [0.29, 0.717) is 17.0 Å². The summed E-state index contributed by atoms with van der Waals surface area (Å²) in [5, 5.41) is 2.88. The largest absolute Gasteiger partial charge is 0.457 e. The lowest BCUT2D eigenvalue weighted by atomic mass is 10.1. The van der Waals surface area contributed by atoms with E-state index >= 15 is 0 Å². The van der Waals surface area contributed by atoms with Crippen LogP contribution in [0.25, 0.3) is 23.0 Å². The number of alkyl halides is 3. The number of hydrogen-bond acceptors (Lipinski definition) is 2. The van der Waals surface area contributed by atoms with Gasteiger partial charge in [-0.2, -0.15) is 13.2 Å². The highest BCUT2D eigenvalue weighted by atomic mass is 35.5. The Balaban J connectivity index is 1.72. The molecule has 0 fully saturated rings. The average molecular weight is 390 g/mol. The zero-order chi connectivity index (χ0) is 19.2. The summed E-state index contributed by atoms with van der Waals surface area (Å²) in [5.41, 5.74) is 1.16. The van der Waals surface area contributed by atoms with Crippen molar-refractivity contribution in [2.24, 2.45) is 0 Å². The molecule has 1 N–H and O–H groups in total. The number of halogens is 4. The fourth-order valence-electron chi connectivity index (χ4n) is 2.89. The molecule has 136 valence electrons. The van der Waals surface area contributed by atoms with Crippen molar-refractivity contribution in [3.05, 3.63) is 76.5 Å². The predicted octanol–water partition coefficient (Wildman–Crippen LogP) is 6.11. The Hall–Kier alpha value is -2.99. The molecule has 0 bridgehead atoms. The predicted molar refractivity (Wildman–Crippen MR) is 97.1 cm³/mol. The molecule has 7 heteroatoms. The summed E-state index contributed by atoms with van der Waals surface area (Å²) in [6, 6.07) is 13.3. The minimum atomic E-state index is -4.48. The fourth-order valence-corrected chi connectivity index (χ4v) is 3.10. The Kier molecular flexibility index (Phi) is 4.08. The molecular formula is C20H11ClF3NO2. The number of hydrogen-bond donors (Lipinski definition) is 1. The van der Waals surface area contributed by atoms with Crippen LogP contribution in [0.1, 0.15) is 16.9 Å². The summed E-state index contributed by atoms with van der Waals surface area (Å²) in [4.78, 5) is 12.2. The maximum atomic E-state index is 12.9. The van der Waals surface area contributed by atoms with Crippen molar-refractivity contribution in [3.8, 4) is 11.3 Å². The summed E-state index contributed by atoms with van der Waals surface area (Å²) in [7, 11) is 0. The third-order valence-electron chi connectivity index (χ3n) is 4.18. The Morgan fingerprint density at radius 3 is 2.56 bits per heavy atom. The molecule has 1 aliphatic heterocycles. The molecule has 0 atom stereocenters. The Morgan fingerprint density at radius 1 is 1.00 bits per heavy atom. The second-order valence-corrected chi connectivity index (χ2v) is 6.36. The van der Waals surface area contributed by atoms with Crippen molar-refractivity contribution in [3.63, 3.8) is 0 Å². The SMILES string of the molecule is O=C1Nc2ccccc2/C1=C\c1ccc(-c2cc(C(F)(F)F)ccc2Cl)o1. The molecule has 0 saturated heterocycles. The van der Waals surface area contributed by atoms with E-state index in [1.165, 1.54) is 12.1 Å². The normalized spacial score (nSPS) is 15.1. The number of para-hydroxylation sites is 1. The van der Waals surface area contributed by atoms with Crippen molar-refractivity contribution in [1.82, 2.24) is 0 Å². The van der Waals surface area contributed by atoms with E-state index in [0.717, 1.165) is 17.7 Å². The van der Waals surface area contributed by atoms with E-state index in [2.05, 4.69) is 5.32 Å². The maximum Gasteiger partial charge on any atom is 0.416 e. The van der Waals surface area contributed by atoms with Gasteiger partial charge in [0, 0.05) is 16.8 Å². The molecule has 0 unspecified atom stereocenters. The molecule has 1 amide bonds. The third kappa shape index (κ3) is 3.24. The zero-order valence-electron chi connectivity index (χ0n) is 13.6. The van der Waals surface area contributed by atoms with E-state index in [-0.39, 0.29) is 22.3 Å². The van der Waals surface area contributed by atoms with Gasteiger partial charge < -0.3 is 9.73 Å². The maximum absolute atomic E-state index is 12.9. The highest BCUT2D eigenvalue weighted by molar-refractivity contribution is 6.35. The first-order valence-corrected chi connectivity index (χ1v) is 8.30. The Morgan fingerprint density at radius 2 is 1.78 bits per heavy atom. The van der Waals surface area contributed by atoms with Gasteiger partial charge in [0.25, 0.3) is 5.91 Å². The monoisotopic (exact) mass is 389 g/mol. The number of rotatable bonds is 2. The lowest BCUT2D eigenvalue weighted by Crippen LogP contribution is -2.04. The molecule has 0 saturated carbocycles. The van der Waals surface area contributed by atoms with Gasteiger partial charge in [0.15, 0.2) is 0 Å². The van der Waals surface area contributed by atoms with Crippen LogP contribution < -0.4 is 5.32 Å². The number of carbonyl (C=O) groups is 1. The van der Waals surface area contributed by atoms with E-state index in [1.54, 1.807) is 24.3 Å². The molecule has 2 aromatic carbocycles. The third-order valence-corrected chi connectivity index (χ3v) is 4.51. The van der Waals surface area contributed by atoms with Crippen LogP contribution in [0.5, 0.6) is 0 Å². The number of fused-ring (bicyclic) bond motifs is 1. The van der Waals surface area contributed by atoms with Crippen molar-refractivity contribution in [2.75, 3.05) is 5.32 Å². The molecule has 0 spiro atoms. The van der Waals surface area contributed by atoms with Gasteiger partial charge in [-0.15, -0.1) is 0 Å². The van der Waals surface area contributed by atoms with Gasteiger partial charge in [-0.05, 0) is 42.5 Å². The molecule has 0 radical (unpaired) electrons. The molecule has 27 heavy (non-hydrogen) atoms. The van der Waals surface area contributed by atoms with Gasteiger partial charge in [-0.25, -0.2) is 0 Å². The summed E-state index contributed by atoms with van der Waals surface area (Å²) in [5.74, 6) is 0.247. The Labute approximate surface area is 157 Å². The smallest absolute Gasteiger partial charge is 0.416 e. The van der Waals surface area contributed by atoms with Crippen molar-refractivity contribution < 1.29 is 22.4 Å². The van der Waals surface area contributed by atoms with E-state index in [1.807, 2.05) is 12.1 Å². The zero-order valence-corrected chi connectivity index (χ0v) is 14.4. The number of furan rings is 1.